The van der Waals surface area contributed by atoms with Gasteiger partial charge in [-0.25, -0.2) is 8.78 Å². The van der Waals surface area contributed by atoms with Crippen molar-refractivity contribution in [3.63, 3.8) is 0 Å². The number of hydrogen-bond acceptors (Lipinski definition) is 3. The van der Waals surface area contributed by atoms with Gasteiger partial charge in [0.15, 0.2) is 11.6 Å². The molecule has 0 aliphatic carbocycles. The molecule has 1 heterocycles. The number of rotatable bonds is 3. The number of halogens is 2. The van der Waals surface area contributed by atoms with Gasteiger partial charge in [-0.1, -0.05) is 12.1 Å². The lowest BCUT2D eigenvalue weighted by Crippen LogP contribution is -2.61. The lowest BCUT2D eigenvalue weighted by Gasteiger charge is -2.45. The first-order valence-corrected chi connectivity index (χ1v) is 8.86. The number of nitrogens with one attached hydrogen (secondary N) is 1. The molecule has 142 valence electrons. The second-order valence-corrected chi connectivity index (χ2v) is 8.55. The highest BCUT2D eigenvalue weighted by atomic mass is 19.2. The minimum Gasteiger partial charge on any atom is -0.350 e. The third-order valence-corrected chi connectivity index (χ3v) is 5.13. The highest BCUT2D eigenvalue weighted by Gasteiger charge is 2.44. The molecule has 6 heteroatoms. The zero-order chi connectivity index (χ0) is 19.8. The number of nitriles is 1. The van der Waals surface area contributed by atoms with Crippen LogP contribution >= 0.6 is 0 Å². The van der Waals surface area contributed by atoms with E-state index in [0.29, 0.717) is 25.9 Å². The zero-order valence-corrected chi connectivity index (χ0v) is 16.1. The number of amides is 1. The largest absolute Gasteiger partial charge is 0.350 e. The Bertz CT molecular complexity index is 724. The van der Waals surface area contributed by atoms with Crippen LogP contribution in [0.25, 0.3) is 0 Å². The van der Waals surface area contributed by atoms with E-state index in [4.69, 9.17) is 0 Å². The van der Waals surface area contributed by atoms with E-state index >= 15 is 0 Å². The van der Waals surface area contributed by atoms with Crippen molar-refractivity contribution in [1.29, 1.82) is 5.26 Å². The van der Waals surface area contributed by atoms with E-state index < -0.39 is 22.6 Å². The van der Waals surface area contributed by atoms with Crippen LogP contribution in [-0.2, 0) is 10.2 Å². The summed E-state index contributed by atoms with van der Waals surface area (Å²) in [4.78, 5) is 14.7. The van der Waals surface area contributed by atoms with Crippen molar-refractivity contribution in [2.45, 2.75) is 64.0 Å². The predicted octanol–water partition coefficient (Wildman–Crippen LogP) is 3.52. The molecule has 4 nitrogen and oxygen atoms in total. The Morgan fingerprint density at radius 3 is 2.27 bits per heavy atom. The maximum atomic E-state index is 14.3. The SMILES string of the molecule is CC(C)(C)NC(=O)C(C)(C)N1CCC(C#N)(c2cccc(F)c2F)CC1. The van der Waals surface area contributed by atoms with Crippen LogP contribution in [0.1, 0.15) is 53.0 Å². The molecule has 1 aromatic rings. The second-order valence-electron chi connectivity index (χ2n) is 8.55. The third kappa shape index (κ3) is 3.88. The molecular weight excluding hydrogens is 336 g/mol. The van der Waals surface area contributed by atoms with Gasteiger partial charge in [0.05, 0.1) is 17.0 Å². The molecule has 0 radical (unpaired) electrons. The molecule has 1 aromatic carbocycles. The van der Waals surface area contributed by atoms with Gasteiger partial charge in [0.1, 0.15) is 0 Å². The predicted molar refractivity (Wildman–Crippen MR) is 96.4 cm³/mol. The Labute approximate surface area is 154 Å². The molecule has 0 spiro atoms. The number of hydrogen-bond donors (Lipinski definition) is 1. The lowest BCUT2D eigenvalue weighted by molar-refractivity contribution is -0.134. The van der Waals surface area contributed by atoms with Gasteiger partial charge in [0, 0.05) is 24.2 Å². The molecule has 0 bridgehead atoms. The first kappa shape index (κ1) is 20.3. The van der Waals surface area contributed by atoms with Crippen molar-refractivity contribution >= 4 is 5.91 Å². The third-order valence-electron chi connectivity index (χ3n) is 5.13. The summed E-state index contributed by atoms with van der Waals surface area (Å²) in [6.07, 6.45) is 0.687. The number of piperidine rings is 1. The quantitative estimate of drug-likeness (QED) is 0.894. The first-order chi connectivity index (χ1) is 11.9. The van der Waals surface area contributed by atoms with Crippen LogP contribution in [0.15, 0.2) is 18.2 Å². The number of benzene rings is 1. The van der Waals surface area contributed by atoms with Crippen molar-refractivity contribution < 1.29 is 13.6 Å². The molecule has 2 rings (SSSR count). The summed E-state index contributed by atoms with van der Waals surface area (Å²) in [6, 6.07) is 6.17. The number of carbonyl (C=O) groups excluding carboxylic acids is 1. The Kier molecular flexibility index (Phi) is 5.44. The van der Waals surface area contributed by atoms with E-state index in [9.17, 15) is 18.8 Å². The van der Waals surface area contributed by atoms with Crippen LogP contribution in [0.2, 0.25) is 0 Å². The Morgan fingerprint density at radius 1 is 1.19 bits per heavy atom. The molecule has 0 aromatic heterocycles. The Balaban J connectivity index is 2.20. The van der Waals surface area contributed by atoms with Gasteiger partial charge in [-0.05, 0) is 53.5 Å². The van der Waals surface area contributed by atoms with Crippen molar-refractivity contribution in [3.05, 3.63) is 35.4 Å². The molecule has 1 amide bonds. The fraction of sp³-hybridized carbons (Fsp3) is 0.600. The highest BCUT2D eigenvalue weighted by Crippen LogP contribution is 2.38. The molecule has 26 heavy (non-hydrogen) atoms. The number of nitrogens with zero attached hydrogens (tertiary/aromatic N) is 2. The monoisotopic (exact) mass is 363 g/mol. The molecule has 0 atom stereocenters. The normalized spacial score (nSPS) is 18.2. The van der Waals surface area contributed by atoms with E-state index in [2.05, 4.69) is 11.4 Å². The molecule has 0 saturated carbocycles. The second kappa shape index (κ2) is 6.96. The first-order valence-electron chi connectivity index (χ1n) is 8.86. The van der Waals surface area contributed by atoms with Crippen molar-refractivity contribution in [2.24, 2.45) is 0 Å². The van der Waals surface area contributed by atoms with E-state index in [-0.39, 0.29) is 17.0 Å². The average molecular weight is 363 g/mol. The molecule has 1 N–H and O–H groups in total. The van der Waals surface area contributed by atoms with E-state index in [1.54, 1.807) is 0 Å². The molecule has 0 unspecified atom stereocenters. The van der Waals surface area contributed by atoms with E-state index in [1.807, 2.05) is 39.5 Å². The van der Waals surface area contributed by atoms with Crippen LogP contribution in [0.4, 0.5) is 8.78 Å². The maximum Gasteiger partial charge on any atom is 0.240 e. The topological polar surface area (TPSA) is 56.1 Å². The minimum absolute atomic E-state index is 0.0913. The minimum atomic E-state index is -1.07. The Morgan fingerprint density at radius 2 is 1.77 bits per heavy atom. The summed E-state index contributed by atoms with van der Waals surface area (Å²) in [5.41, 5.74) is -2.06. The van der Waals surface area contributed by atoms with Gasteiger partial charge in [-0.2, -0.15) is 5.26 Å². The summed E-state index contributed by atoms with van der Waals surface area (Å²) < 4.78 is 27.9. The molecule has 1 saturated heterocycles. The van der Waals surface area contributed by atoms with Gasteiger partial charge in [0.2, 0.25) is 5.91 Å². The van der Waals surface area contributed by atoms with Crippen LogP contribution in [-0.4, -0.2) is 35.0 Å². The fourth-order valence-corrected chi connectivity index (χ4v) is 3.40. The fourth-order valence-electron chi connectivity index (χ4n) is 3.40. The number of likely N-dealkylation sites (tertiary alicyclic amines) is 1. The van der Waals surface area contributed by atoms with Crippen molar-refractivity contribution in [2.75, 3.05) is 13.1 Å². The zero-order valence-electron chi connectivity index (χ0n) is 16.1. The van der Waals surface area contributed by atoms with Crippen LogP contribution < -0.4 is 5.32 Å². The molecule has 1 aliphatic heterocycles. The summed E-state index contributed by atoms with van der Waals surface area (Å²) in [7, 11) is 0. The smallest absolute Gasteiger partial charge is 0.240 e. The lowest BCUT2D eigenvalue weighted by atomic mass is 9.73. The molecule has 1 fully saturated rings. The van der Waals surface area contributed by atoms with Gasteiger partial charge in [-0.15, -0.1) is 0 Å². The number of carbonyl (C=O) groups is 1. The van der Waals surface area contributed by atoms with E-state index in [0.717, 1.165) is 6.07 Å². The summed E-state index contributed by atoms with van der Waals surface area (Å²) in [5.74, 6) is -1.98. The van der Waals surface area contributed by atoms with E-state index in [1.165, 1.54) is 12.1 Å². The van der Waals surface area contributed by atoms with Gasteiger partial charge >= 0.3 is 0 Å². The van der Waals surface area contributed by atoms with Crippen LogP contribution in [0.5, 0.6) is 0 Å². The Hall–Kier alpha value is -2.00. The summed E-state index contributed by atoms with van der Waals surface area (Å²) in [5, 5.41) is 12.7. The average Bonchev–Trinajstić information content (AvgIpc) is 2.56. The highest BCUT2D eigenvalue weighted by molar-refractivity contribution is 5.86. The van der Waals surface area contributed by atoms with Gasteiger partial charge in [0.25, 0.3) is 0 Å². The van der Waals surface area contributed by atoms with Crippen molar-refractivity contribution in [3.8, 4) is 6.07 Å². The van der Waals surface area contributed by atoms with Gasteiger partial charge in [-0.3, -0.25) is 9.69 Å². The summed E-state index contributed by atoms with van der Waals surface area (Å²) >= 11 is 0. The maximum absolute atomic E-state index is 14.3. The summed E-state index contributed by atoms with van der Waals surface area (Å²) in [6.45, 7) is 10.4. The standard InChI is InChI=1S/C20H27F2N3O/c1-18(2,3)24-17(26)19(4,5)25-11-9-20(13-23,10-12-25)14-7-6-8-15(21)16(14)22/h6-8H,9-12H2,1-5H3,(H,24,26). The van der Waals surface area contributed by atoms with Crippen LogP contribution in [0.3, 0.4) is 0 Å². The molecular formula is C20H27F2N3O. The molecule has 1 aliphatic rings. The van der Waals surface area contributed by atoms with Crippen LogP contribution in [0, 0.1) is 23.0 Å². The van der Waals surface area contributed by atoms with Gasteiger partial charge < -0.3 is 5.32 Å². The van der Waals surface area contributed by atoms with Crippen molar-refractivity contribution in [1.82, 2.24) is 10.2 Å².